The summed E-state index contributed by atoms with van der Waals surface area (Å²) in [6.45, 7) is -0.0243. The molecule has 1 aliphatic carbocycles. The van der Waals surface area contributed by atoms with Gasteiger partial charge in [-0.25, -0.2) is 0 Å². The molecule has 9 nitrogen and oxygen atoms in total. The van der Waals surface area contributed by atoms with Gasteiger partial charge < -0.3 is 20.1 Å². The van der Waals surface area contributed by atoms with Gasteiger partial charge in [0.15, 0.2) is 23.1 Å². The maximum atomic E-state index is 13.2. The summed E-state index contributed by atoms with van der Waals surface area (Å²) in [5.74, 6) is 0.484. The molecule has 0 radical (unpaired) electrons. The largest absolute Gasteiger partial charge is 0.454 e. The number of ketones is 2. The van der Waals surface area contributed by atoms with Gasteiger partial charge in [-0.2, -0.15) is 0 Å². The number of fused-ring (bicyclic) bond motifs is 2. The summed E-state index contributed by atoms with van der Waals surface area (Å²) < 4.78 is 10.8. The summed E-state index contributed by atoms with van der Waals surface area (Å²) in [6, 6.07) is 16.3. The fourth-order valence-electron chi connectivity index (χ4n) is 4.96. The second kappa shape index (κ2) is 8.53. The molecule has 2 aliphatic heterocycles. The molecule has 0 spiro atoms. The number of nitro groups is 1. The highest BCUT2D eigenvalue weighted by molar-refractivity contribution is 6.10. The van der Waals surface area contributed by atoms with Gasteiger partial charge in [-0.05, 0) is 37.1 Å². The van der Waals surface area contributed by atoms with Crippen LogP contribution in [0.5, 0.6) is 11.5 Å². The number of nitro benzene ring substituents is 1. The molecule has 0 unspecified atom stereocenters. The van der Waals surface area contributed by atoms with Crippen LogP contribution in [0.1, 0.15) is 46.8 Å². The van der Waals surface area contributed by atoms with Crippen molar-refractivity contribution in [2.75, 3.05) is 17.4 Å². The number of nitrogens with one attached hydrogen (secondary N) is 2. The zero-order valence-electron chi connectivity index (χ0n) is 19.1. The lowest BCUT2D eigenvalue weighted by molar-refractivity contribution is -0.385. The molecule has 0 aromatic heterocycles. The van der Waals surface area contributed by atoms with Crippen molar-refractivity contribution in [3.63, 3.8) is 0 Å². The van der Waals surface area contributed by atoms with Crippen molar-refractivity contribution < 1.29 is 24.0 Å². The molecule has 0 saturated carbocycles. The number of anilines is 2. The molecule has 6 rings (SSSR count). The fourth-order valence-corrected chi connectivity index (χ4v) is 4.96. The van der Waals surface area contributed by atoms with Crippen molar-refractivity contribution in [1.82, 2.24) is 0 Å². The first-order valence-electron chi connectivity index (χ1n) is 11.6. The van der Waals surface area contributed by atoms with Gasteiger partial charge >= 0.3 is 0 Å². The van der Waals surface area contributed by atoms with Crippen LogP contribution in [-0.2, 0) is 4.79 Å². The molecule has 3 aromatic rings. The third-order valence-electron chi connectivity index (χ3n) is 6.68. The molecular formula is C27H21N3O6. The van der Waals surface area contributed by atoms with E-state index in [0.717, 1.165) is 0 Å². The highest BCUT2D eigenvalue weighted by atomic mass is 16.7. The summed E-state index contributed by atoms with van der Waals surface area (Å²) >= 11 is 0. The van der Waals surface area contributed by atoms with Crippen LogP contribution in [0.2, 0.25) is 0 Å². The van der Waals surface area contributed by atoms with E-state index < -0.39 is 11.0 Å². The molecule has 3 aliphatic rings. The number of ether oxygens (including phenoxy) is 2. The predicted molar refractivity (Wildman–Crippen MR) is 131 cm³/mol. The number of hydrogen-bond acceptors (Lipinski definition) is 8. The maximum Gasteiger partial charge on any atom is 0.279 e. The van der Waals surface area contributed by atoms with Crippen molar-refractivity contribution in [3.8, 4) is 11.5 Å². The van der Waals surface area contributed by atoms with Gasteiger partial charge in [-0.3, -0.25) is 19.7 Å². The highest BCUT2D eigenvalue weighted by Crippen LogP contribution is 2.46. The standard InChI is InChI=1S/C27H21N3O6/c31-22-8-4-7-19-25(22)26(17-12-23-24(36-14-35-23)13-21(17)30(33)34)29-18-10-9-16(11-20(18)28-19)27(32)15-5-2-1-3-6-15/h1-3,5-6,9-13,26,28-29H,4,7-8,14H2/t26-/m1/s1. The Balaban J connectivity index is 1.48. The minimum Gasteiger partial charge on any atom is -0.454 e. The minimum absolute atomic E-state index is 0.0243. The average molecular weight is 483 g/mol. The summed E-state index contributed by atoms with van der Waals surface area (Å²) in [7, 11) is 0. The Hall–Kier alpha value is -4.66. The molecule has 3 aromatic carbocycles. The molecule has 36 heavy (non-hydrogen) atoms. The summed E-state index contributed by atoms with van der Waals surface area (Å²) in [4.78, 5) is 37.8. The normalized spacial score (nSPS) is 17.9. The smallest absolute Gasteiger partial charge is 0.279 e. The zero-order chi connectivity index (χ0) is 24.8. The Morgan fingerprint density at radius 2 is 1.72 bits per heavy atom. The van der Waals surface area contributed by atoms with Crippen molar-refractivity contribution in [1.29, 1.82) is 0 Å². The quantitative estimate of drug-likeness (QED) is 0.297. The van der Waals surface area contributed by atoms with Crippen LogP contribution in [0.15, 0.2) is 71.9 Å². The van der Waals surface area contributed by atoms with E-state index in [-0.39, 0.29) is 24.0 Å². The monoisotopic (exact) mass is 483 g/mol. The zero-order valence-corrected chi connectivity index (χ0v) is 19.1. The van der Waals surface area contributed by atoms with Crippen LogP contribution in [0, 0.1) is 10.1 Å². The third-order valence-corrected chi connectivity index (χ3v) is 6.68. The SMILES string of the molecule is O=C1CCCC2=C1[C@@H](c1cc3c(cc1[N+](=O)[O-])OCO3)Nc1ccc(C(=O)c3ccccc3)cc1N2. The van der Waals surface area contributed by atoms with E-state index >= 15 is 0 Å². The van der Waals surface area contributed by atoms with E-state index in [1.165, 1.54) is 6.07 Å². The van der Waals surface area contributed by atoms with Crippen LogP contribution < -0.4 is 20.1 Å². The van der Waals surface area contributed by atoms with Crippen LogP contribution in [0.25, 0.3) is 0 Å². The highest BCUT2D eigenvalue weighted by Gasteiger charge is 2.37. The molecule has 180 valence electrons. The van der Waals surface area contributed by atoms with Crippen LogP contribution in [0.3, 0.4) is 0 Å². The van der Waals surface area contributed by atoms with Gasteiger partial charge in [0.1, 0.15) is 0 Å². The second-order valence-electron chi connectivity index (χ2n) is 8.85. The first kappa shape index (κ1) is 21.8. The molecule has 2 heterocycles. The molecule has 0 fully saturated rings. The van der Waals surface area contributed by atoms with Crippen LogP contribution >= 0.6 is 0 Å². The Kier molecular flexibility index (Phi) is 5.18. The topological polar surface area (TPSA) is 120 Å². The van der Waals surface area contributed by atoms with Gasteiger partial charge in [0.05, 0.1) is 34.0 Å². The van der Waals surface area contributed by atoms with Crippen molar-refractivity contribution in [3.05, 3.63) is 98.7 Å². The molecule has 1 atom stereocenters. The number of allylic oxidation sites excluding steroid dienone is 1. The Morgan fingerprint density at radius 1 is 0.944 bits per heavy atom. The second-order valence-corrected chi connectivity index (χ2v) is 8.85. The van der Waals surface area contributed by atoms with Crippen LogP contribution in [-0.4, -0.2) is 23.3 Å². The molecule has 0 amide bonds. The fraction of sp³-hybridized carbons (Fsp3) is 0.185. The van der Waals surface area contributed by atoms with E-state index in [0.29, 0.717) is 70.1 Å². The van der Waals surface area contributed by atoms with Gasteiger partial charge in [-0.1, -0.05) is 30.3 Å². The van der Waals surface area contributed by atoms with E-state index in [9.17, 15) is 19.7 Å². The number of Topliss-reactive ketones (excluding diaryl/α,β-unsaturated/α-hetero) is 1. The molecular weight excluding hydrogens is 462 g/mol. The minimum atomic E-state index is -0.785. The Labute approximate surface area is 205 Å². The predicted octanol–water partition coefficient (Wildman–Crippen LogP) is 5.14. The van der Waals surface area contributed by atoms with Crippen molar-refractivity contribution in [2.45, 2.75) is 25.3 Å². The number of hydrogen-bond donors (Lipinski definition) is 2. The van der Waals surface area contributed by atoms with E-state index in [1.54, 1.807) is 36.4 Å². The molecule has 9 heteroatoms. The van der Waals surface area contributed by atoms with Gasteiger partial charge in [0, 0.05) is 28.8 Å². The molecule has 0 bridgehead atoms. The third kappa shape index (κ3) is 3.65. The number of nitrogens with zero attached hydrogens (tertiary/aromatic N) is 1. The average Bonchev–Trinajstić information content (AvgIpc) is 3.28. The van der Waals surface area contributed by atoms with E-state index in [2.05, 4.69) is 10.6 Å². The first-order valence-corrected chi connectivity index (χ1v) is 11.6. The maximum absolute atomic E-state index is 13.2. The van der Waals surface area contributed by atoms with Gasteiger partial charge in [-0.15, -0.1) is 0 Å². The Morgan fingerprint density at radius 3 is 2.50 bits per heavy atom. The van der Waals surface area contributed by atoms with E-state index in [4.69, 9.17) is 9.47 Å². The number of benzene rings is 3. The van der Waals surface area contributed by atoms with Gasteiger partial charge in [0.25, 0.3) is 5.69 Å². The summed E-state index contributed by atoms with van der Waals surface area (Å²) in [5, 5.41) is 18.7. The summed E-state index contributed by atoms with van der Waals surface area (Å²) in [6.07, 6.45) is 1.62. The Bertz CT molecular complexity index is 1460. The van der Waals surface area contributed by atoms with Crippen molar-refractivity contribution >= 4 is 28.6 Å². The molecule has 2 N–H and O–H groups in total. The summed E-state index contributed by atoms with van der Waals surface area (Å²) in [5.41, 5.74) is 3.61. The van der Waals surface area contributed by atoms with Crippen molar-refractivity contribution in [2.24, 2.45) is 0 Å². The first-order chi connectivity index (χ1) is 17.5. The lowest BCUT2D eigenvalue weighted by Gasteiger charge is -2.25. The lowest BCUT2D eigenvalue weighted by Crippen LogP contribution is -2.24. The number of carbonyl (C=O) groups is 2. The number of carbonyl (C=O) groups excluding carboxylic acids is 2. The molecule has 0 saturated heterocycles. The van der Waals surface area contributed by atoms with E-state index in [1.807, 2.05) is 18.2 Å². The number of rotatable bonds is 4. The van der Waals surface area contributed by atoms with Gasteiger partial charge in [0.2, 0.25) is 6.79 Å². The lowest BCUT2D eigenvalue weighted by atomic mass is 9.86. The van der Waals surface area contributed by atoms with Crippen LogP contribution in [0.4, 0.5) is 17.1 Å².